The maximum absolute atomic E-state index is 13.2. The molecular weight excluding hydrogens is 478 g/mol. The molecule has 0 heterocycles. The molecule has 0 saturated heterocycles. The van der Waals surface area contributed by atoms with Gasteiger partial charge in [0, 0.05) is 18.8 Å². The third-order valence-corrected chi connectivity index (χ3v) is 6.98. The van der Waals surface area contributed by atoms with Gasteiger partial charge in [0.15, 0.2) is 5.78 Å². The molecule has 4 N–H and O–H groups in total. The minimum atomic E-state index is -0.582. The van der Waals surface area contributed by atoms with Gasteiger partial charge in [0.2, 0.25) is 5.91 Å². The number of Topliss-reactive ketones (excluding diaryl/α,β-unsaturated/α-hetero) is 2. The second-order valence-corrected chi connectivity index (χ2v) is 11.8. The summed E-state index contributed by atoms with van der Waals surface area (Å²) in [7, 11) is 0. The number of amidine groups is 1. The molecule has 7 nitrogen and oxygen atoms in total. The molecule has 0 aromatic carbocycles. The van der Waals surface area contributed by atoms with E-state index in [0.717, 1.165) is 25.5 Å². The van der Waals surface area contributed by atoms with Crippen LogP contribution >= 0.6 is 0 Å². The normalized spacial score (nSPS) is 14.4. The highest BCUT2D eigenvalue weighted by molar-refractivity contribution is 5.92. The molecule has 0 bridgehead atoms. The first-order valence-electron chi connectivity index (χ1n) is 14.1. The molecule has 0 saturated carbocycles. The highest BCUT2D eigenvalue weighted by Crippen LogP contribution is 2.27. The fourth-order valence-corrected chi connectivity index (χ4v) is 4.72. The number of amides is 1. The number of carbonyl (C=O) groups is 4. The van der Waals surface area contributed by atoms with Crippen LogP contribution in [-0.2, 0) is 19.2 Å². The zero-order valence-corrected chi connectivity index (χ0v) is 24.7. The van der Waals surface area contributed by atoms with Crippen LogP contribution < -0.4 is 11.1 Å². The molecule has 216 valence electrons. The number of rotatable bonds is 22. The van der Waals surface area contributed by atoms with Gasteiger partial charge >= 0.3 is 0 Å². The number of allylic oxidation sites excluding steroid dienone is 1. The predicted molar refractivity (Wildman–Crippen MR) is 156 cm³/mol. The molecule has 0 fully saturated rings. The Bertz CT molecular complexity index is 831. The highest BCUT2D eigenvalue weighted by Gasteiger charge is 2.27. The summed E-state index contributed by atoms with van der Waals surface area (Å²) in [6.07, 6.45) is 6.56. The van der Waals surface area contributed by atoms with Gasteiger partial charge in [-0.2, -0.15) is 0 Å². The largest absolute Gasteiger partial charge is 0.388 e. The summed E-state index contributed by atoms with van der Waals surface area (Å²) in [5.74, 6) is 0.242. The van der Waals surface area contributed by atoms with E-state index in [1.165, 1.54) is 6.92 Å². The quantitative estimate of drug-likeness (QED) is 0.0522. The number of aldehydes is 1. The average Bonchev–Trinajstić information content (AvgIpc) is 2.81. The van der Waals surface area contributed by atoms with E-state index in [-0.39, 0.29) is 41.1 Å². The van der Waals surface area contributed by atoms with E-state index in [2.05, 4.69) is 32.3 Å². The van der Waals surface area contributed by atoms with Crippen molar-refractivity contribution in [1.82, 2.24) is 5.32 Å². The summed E-state index contributed by atoms with van der Waals surface area (Å²) < 4.78 is 0. The fraction of sp³-hybridized carbons (Fsp3) is 0.710. The fourth-order valence-electron chi connectivity index (χ4n) is 4.72. The van der Waals surface area contributed by atoms with Crippen LogP contribution in [0.4, 0.5) is 0 Å². The van der Waals surface area contributed by atoms with Crippen LogP contribution in [0.1, 0.15) is 106 Å². The van der Waals surface area contributed by atoms with Gasteiger partial charge in [0.1, 0.15) is 12.1 Å². The van der Waals surface area contributed by atoms with Gasteiger partial charge in [0.05, 0.1) is 17.8 Å². The van der Waals surface area contributed by atoms with Crippen molar-refractivity contribution in [2.45, 2.75) is 112 Å². The van der Waals surface area contributed by atoms with E-state index >= 15 is 0 Å². The van der Waals surface area contributed by atoms with Gasteiger partial charge in [-0.3, -0.25) is 19.8 Å². The lowest BCUT2D eigenvalue weighted by Crippen LogP contribution is -2.41. The second-order valence-electron chi connectivity index (χ2n) is 11.8. The highest BCUT2D eigenvalue weighted by atomic mass is 16.2. The SMILES string of the molecule is C=C(CC[C@@H](CC(C)C)C(=O)CCC(=C)[C@@H](CC(C)C)C(=O)N[C@H](C=O)CCCC(C)CC(=N)N)C(C)=O. The van der Waals surface area contributed by atoms with Crippen LogP contribution in [-0.4, -0.2) is 35.6 Å². The summed E-state index contributed by atoms with van der Waals surface area (Å²) in [6, 6.07) is -0.582. The Hall–Kier alpha value is -2.57. The van der Waals surface area contributed by atoms with E-state index < -0.39 is 12.0 Å². The van der Waals surface area contributed by atoms with Crippen molar-refractivity contribution in [3.8, 4) is 0 Å². The lowest BCUT2D eigenvalue weighted by Gasteiger charge is -2.24. The minimum absolute atomic E-state index is 0.0455. The molecule has 1 unspecified atom stereocenters. The number of hydrogen-bond donors (Lipinski definition) is 3. The predicted octanol–water partition coefficient (Wildman–Crippen LogP) is 5.96. The molecule has 7 heteroatoms. The van der Waals surface area contributed by atoms with Gasteiger partial charge in [-0.05, 0) is 68.8 Å². The molecular formula is C31H53N3O4. The lowest BCUT2D eigenvalue weighted by atomic mass is 9.83. The third kappa shape index (κ3) is 15.6. The van der Waals surface area contributed by atoms with E-state index in [4.69, 9.17) is 11.1 Å². The molecule has 0 radical (unpaired) electrons. The van der Waals surface area contributed by atoms with Gasteiger partial charge in [-0.25, -0.2) is 0 Å². The van der Waals surface area contributed by atoms with Crippen molar-refractivity contribution in [2.24, 2.45) is 35.3 Å². The summed E-state index contributed by atoms with van der Waals surface area (Å²) in [5.41, 5.74) is 6.71. The Morgan fingerprint density at radius 2 is 1.53 bits per heavy atom. The lowest BCUT2D eigenvalue weighted by molar-refractivity contribution is -0.127. The van der Waals surface area contributed by atoms with E-state index in [1.807, 2.05) is 20.8 Å². The monoisotopic (exact) mass is 531 g/mol. The smallest absolute Gasteiger partial charge is 0.227 e. The summed E-state index contributed by atoms with van der Waals surface area (Å²) in [4.78, 5) is 49.5. The molecule has 0 aromatic rings. The molecule has 1 amide bonds. The van der Waals surface area contributed by atoms with Crippen molar-refractivity contribution in [3.63, 3.8) is 0 Å². The number of carbonyl (C=O) groups excluding carboxylic acids is 4. The first kappa shape index (κ1) is 35.4. The van der Waals surface area contributed by atoms with Crippen molar-refractivity contribution >= 4 is 29.6 Å². The van der Waals surface area contributed by atoms with Crippen LogP contribution in [0.2, 0.25) is 0 Å². The Morgan fingerprint density at radius 3 is 2.03 bits per heavy atom. The molecule has 0 rings (SSSR count). The Balaban J connectivity index is 5.14. The van der Waals surface area contributed by atoms with Crippen molar-refractivity contribution < 1.29 is 19.2 Å². The average molecular weight is 532 g/mol. The molecule has 4 atom stereocenters. The first-order chi connectivity index (χ1) is 17.7. The van der Waals surface area contributed by atoms with Crippen LogP contribution in [0.15, 0.2) is 24.3 Å². The van der Waals surface area contributed by atoms with Gasteiger partial charge in [-0.1, -0.05) is 66.2 Å². The van der Waals surface area contributed by atoms with Crippen molar-refractivity contribution in [2.75, 3.05) is 0 Å². The van der Waals surface area contributed by atoms with Crippen molar-refractivity contribution in [1.29, 1.82) is 5.41 Å². The van der Waals surface area contributed by atoms with Gasteiger partial charge < -0.3 is 15.8 Å². The topological polar surface area (TPSA) is 130 Å². The molecule has 0 aromatic heterocycles. The molecule has 38 heavy (non-hydrogen) atoms. The number of hydrogen-bond acceptors (Lipinski definition) is 5. The Kier molecular flexibility index (Phi) is 17.4. The Labute approximate surface area is 231 Å². The van der Waals surface area contributed by atoms with E-state index in [0.29, 0.717) is 62.0 Å². The number of nitrogens with two attached hydrogens (primary N) is 1. The molecule has 0 spiro atoms. The first-order valence-corrected chi connectivity index (χ1v) is 14.1. The molecule has 0 aliphatic rings. The second kappa shape index (κ2) is 18.6. The van der Waals surface area contributed by atoms with Crippen LogP contribution in [0, 0.1) is 35.0 Å². The number of ketones is 2. The molecule has 0 aliphatic heterocycles. The zero-order valence-electron chi connectivity index (χ0n) is 24.7. The Morgan fingerprint density at radius 1 is 0.921 bits per heavy atom. The zero-order chi connectivity index (χ0) is 29.4. The van der Waals surface area contributed by atoms with E-state index in [9.17, 15) is 19.2 Å². The van der Waals surface area contributed by atoms with Crippen LogP contribution in [0.5, 0.6) is 0 Å². The summed E-state index contributed by atoms with van der Waals surface area (Å²) in [5, 5.41) is 10.3. The summed E-state index contributed by atoms with van der Waals surface area (Å²) >= 11 is 0. The van der Waals surface area contributed by atoms with E-state index in [1.54, 1.807) is 0 Å². The maximum Gasteiger partial charge on any atom is 0.227 e. The third-order valence-electron chi connectivity index (χ3n) is 6.98. The van der Waals surface area contributed by atoms with Crippen LogP contribution in [0.25, 0.3) is 0 Å². The molecule has 0 aliphatic carbocycles. The minimum Gasteiger partial charge on any atom is -0.388 e. The standard InChI is InChI=1S/C31H53N3O4/c1-20(2)16-26(14-12-23(6)25(8)36)29(37)15-13-24(7)28(17-21(3)4)31(38)34-27(19-35)11-9-10-22(5)18-30(32)33/h19-22,26-28H,6-7,9-18H2,1-5,8H3,(H3,32,33)(H,34,38)/t22?,26-,27-,28+/m0/s1. The van der Waals surface area contributed by atoms with Crippen molar-refractivity contribution in [3.05, 3.63) is 24.3 Å². The van der Waals surface area contributed by atoms with Gasteiger partial charge in [0.25, 0.3) is 0 Å². The number of nitrogens with one attached hydrogen (secondary N) is 2. The van der Waals surface area contributed by atoms with Crippen LogP contribution in [0.3, 0.4) is 0 Å². The maximum atomic E-state index is 13.2. The summed E-state index contributed by atoms with van der Waals surface area (Å²) in [6.45, 7) is 19.7. The van der Waals surface area contributed by atoms with Gasteiger partial charge in [-0.15, -0.1) is 0 Å².